The predicted octanol–water partition coefficient (Wildman–Crippen LogP) is 6.70. The molecule has 0 nitrogen and oxygen atoms in total. The zero-order valence-electron chi connectivity index (χ0n) is 13.2. The molecule has 0 atom stereocenters. The van der Waals surface area contributed by atoms with Crippen LogP contribution in [-0.4, -0.2) is 0 Å². The maximum absolute atomic E-state index is 2.23. The van der Waals surface area contributed by atoms with E-state index < -0.39 is 0 Å². The summed E-state index contributed by atoms with van der Waals surface area (Å²) in [5.74, 6) is 0. The first kappa shape index (κ1) is 18.4. The molecular formula is C20H30. The van der Waals surface area contributed by atoms with E-state index in [-0.39, 0.29) is 0 Å². The van der Waals surface area contributed by atoms with Gasteiger partial charge >= 0.3 is 0 Å². The van der Waals surface area contributed by atoms with Crippen molar-refractivity contribution in [1.29, 1.82) is 0 Å². The molecule has 0 rings (SSSR count). The number of allylic oxidation sites excluding steroid dienone is 12. The lowest BCUT2D eigenvalue weighted by molar-refractivity contribution is 1.19. The van der Waals surface area contributed by atoms with Crippen molar-refractivity contribution in [3.63, 3.8) is 0 Å². The average Bonchev–Trinajstić information content (AvgIpc) is 2.47. The van der Waals surface area contributed by atoms with Gasteiger partial charge in [0.1, 0.15) is 0 Å². The van der Waals surface area contributed by atoms with Gasteiger partial charge in [-0.15, -0.1) is 0 Å². The summed E-state index contributed by atoms with van der Waals surface area (Å²) >= 11 is 0. The second-order valence-electron chi connectivity index (χ2n) is 4.51. The highest BCUT2D eigenvalue weighted by Gasteiger charge is 1.75. The van der Waals surface area contributed by atoms with Gasteiger partial charge in [0, 0.05) is 0 Å². The van der Waals surface area contributed by atoms with E-state index in [4.69, 9.17) is 0 Å². The standard InChI is InChI=1S/C20H30/c1-3-5-7-9-11-13-15-17-19-20-18-16-14-12-10-8-6-4-2/h3,5-6,8-9,11-12,14-15,17-18,20H,4,7,10,13,16,19H2,1-2H3/b5-3-,8-6-,11-9-,14-12-,17-15-,20-18-. The summed E-state index contributed by atoms with van der Waals surface area (Å²) in [4.78, 5) is 0. The molecule has 0 spiro atoms. The van der Waals surface area contributed by atoms with Crippen LogP contribution in [0.15, 0.2) is 72.9 Å². The van der Waals surface area contributed by atoms with Crippen LogP contribution in [0, 0.1) is 0 Å². The van der Waals surface area contributed by atoms with Crippen molar-refractivity contribution in [2.75, 3.05) is 0 Å². The fraction of sp³-hybridized carbons (Fsp3) is 0.400. The van der Waals surface area contributed by atoms with Crippen LogP contribution in [0.3, 0.4) is 0 Å². The zero-order valence-corrected chi connectivity index (χ0v) is 13.2. The van der Waals surface area contributed by atoms with Crippen LogP contribution in [0.2, 0.25) is 0 Å². The average molecular weight is 270 g/mol. The lowest BCUT2D eigenvalue weighted by Gasteiger charge is -1.85. The molecule has 0 bridgehead atoms. The van der Waals surface area contributed by atoms with Gasteiger partial charge in [0.15, 0.2) is 0 Å². The van der Waals surface area contributed by atoms with Gasteiger partial charge in [-0.1, -0.05) is 79.8 Å². The van der Waals surface area contributed by atoms with Gasteiger partial charge in [0.2, 0.25) is 0 Å². The molecule has 0 saturated carbocycles. The third-order valence-electron chi connectivity index (χ3n) is 2.67. The van der Waals surface area contributed by atoms with E-state index in [9.17, 15) is 0 Å². The summed E-state index contributed by atoms with van der Waals surface area (Å²) in [6, 6.07) is 0. The van der Waals surface area contributed by atoms with Crippen LogP contribution in [0.5, 0.6) is 0 Å². The summed E-state index contributed by atoms with van der Waals surface area (Å²) in [6.07, 6.45) is 32.8. The predicted molar refractivity (Wildman–Crippen MR) is 93.9 cm³/mol. The largest absolute Gasteiger partial charge is 0.0914 e. The fourth-order valence-corrected chi connectivity index (χ4v) is 1.56. The molecule has 20 heavy (non-hydrogen) atoms. The fourth-order valence-electron chi connectivity index (χ4n) is 1.56. The summed E-state index contributed by atoms with van der Waals surface area (Å²) in [5.41, 5.74) is 0. The van der Waals surface area contributed by atoms with Crippen molar-refractivity contribution < 1.29 is 0 Å². The Hall–Kier alpha value is -1.56. The van der Waals surface area contributed by atoms with Gasteiger partial charge < -0.3 is 0 Å². The molecule has 0 heteroatoms. The molecule has 0 fully saturated rings. The molecule has 110 valence electrons. The van der Waals surface area contributed by atoms with Crippen molar-refractivity contribution in [2.24, 2.45) is 0 Å². The molecule has 0 aromatic heterocycles. The normalized spacial score (nSPS) is 13.5. The summed E-state index contributed by atoms with van der Waals surface area (Å²) in [7, 11) is 0. The molecule has 0 aromatic rings. The van der Waals surface area contributed by atoms with E-state index in [1.54, 1.807) is 0 Å². The highest BCUT2D eigenvalue weighted by atomic mass is 13.8. The van der Waals surface area contributed by atoms with E-state index in [0.29, 0.717) is 0 Å². The number of rotatable bonds is 11. The quantitative estimate of drug-likeness (QED) is 0.366. The first-order valence-corrected chi connectivity index (χ1v) is 7.78. The highest BCUT2D eigenvalue weighted by Crippen LogP contribution is 1.96. The molecular weight excluding hydrogens is 240 g/mol. The van der Waals surface area contributed by atoms with Gasteiger partial charge in [-0.25, -0.2) is 0 Å². The van der Waals surface area contributed by atoms with Crippen LogP contribution in [0.1, 0.15) is 52.4 Å². The molecule has 0 saturated heterocycles. The van der Waals surface area contributed by atoms with E-state index in [0.717, 1.165) is 38.5 Å². The lowest BCUT2D eigenvalue weighted by atomic mass is 10.2. The third kappa shape index (κ3) is 16.4. The Morgan fingerprint density at radius 3 is 1.05 bits per heavy atom. The molecule has 0 aliphatic rings. The van der Waals surface area contributed by atoms with Crippen molar-refractivity contribution in [2.45, 2.75) is 52.4 Å². The van der Waals surface area contributed by atoms with Crippen LogP contribution in [0.25, 0.3) is 0 Å². The first-order chi connectivity index (χ1) is 9.91. The molecule has 0 radical (unpaired) electrons. The Labute approximate surface area is 126 Å². The van der Waals surface area contributed by atoms with E-state index in [1.807, 2.05) is 0 Å². The smallest absolute Gasteiger partial charge is 0.0169 e. The molecule has 0 amide bonds. The van der Waals surface area contributed by atoms with Gasteiger partial charge in [-0.05, 0) is 45.4 Å². The molecule has 0 heterocycles. The third-order valence-corrected chi connectivity index (χ3v) is 2.67. The maximum atomic E-state index is 2.23. The van der Waals surface area contributed by atoms with Crippen molar-refractivity contribution in [1.82, 2.24) is 0 Å². The maximum Gasteiger partial charge on any atom is -0.0169 e. The second-order valence-corrected chi connectivity index (χ2v) is 4.51. The highest BCUT2D eigenvalue weighted by molar-refractivity contribution is 5.01. The lowest BCUT2D eigenvalue weighted by Crippen LogP contribution is -1.64. The Balaban J connectivity index is 3.47. The molecule has 0 unspecified atom stereocenters. The number of hydrogen-bond acceptors (Lipinski definition) is 0. The molecule has 0 aromatic carbocycles. The Bertz CT molecular complexity index is 348. The van der Waals surface area contributed by atoms with Crippen LogP contribution < -0.4 is 0 Å². The van der Waals surface area contributed by atoms with E-state index in [1.165, 1.54) is 0 Å². The minimum atomic E-state index is 1.03. The Morgan fingerprint density at radius 2 is 0.750 bits per heavy atom. The SMILES string of the molecule is C/C=C\C/C=C\C/C=C\C/C=C\C/C=C\C/C=C\CC. The van der Waals surface area contributed by atoms with E-state index in [2.05, 4.69) is 86.8 Å². The van der Waals surface area contributed by atoms with Crippen molar-refractivity contribution in [3.05, 3.63) is 72.9 Å². The minimum Gasteiger partial charge on any atom is -0.0914 e. The molecule has 0 aliphatic carbocycles. The van der Waals surface area contributed by atoms with Gasteiger partial charge in [-0.3, -0.25) is 0 Å². The first-order valence-electron chi connectivity index (χ1n) is 7.78. The number of hydrogen-bond donors (Lipinski definition) is 0. The van der Waals surface area contributed by atoms with Crippen LogP contribution in [0.4, 0.5) is 0 Å². The molecule has 0 N–H and O–H groups in total. The van der Waals surface area contributed by atoms with Crippen molar-refractivity contribution >= 4 is 0 Å². The Kier molecular flexibility index (Phi) is 16.1. The van der Waals surface area contributed by atoms with Crippen molar-refractivity contribution in [3.8, 4) is 0 Å². The van der Waals surface area contributed by atoms with Crippen LogP contribution >= 0.6 is 0 Å². The minimum absolute atomic E-state index is 1.03. The summed E-state index contributed by atoms with van der Waals surface area (Å²) in [6.45, 7) is 4.21. The monoisotopic (exact) mass is 270 g/mol. The zero-order chi connectivity index (χ0) is 14.7. The van der Waals surface area contributed by atoms with Gasteiger partial charge in [0.05, 0.1) is 0 Å². The van der Waals surface area contributed by atoms with Crippen LogP contribution in [-0.2, 0) is 0 Å². The topological polar surface area (TPSA) is 0 Å². The molecule has 0 aliphatic heterocycles. The Morgan fingerprint density at radius 1 is 0.450 bits per heavy atom. The summed E-state index contributed by atoms with van der Waals surface area (Å²) in [5, 5.41) is 0. The van der Waals surface area contributed by atoms with Gasteiger partial charge in [-0.2, -0.15) is 0 Å². The summed E-state index contributed by atoms with van der Waals surface area (Å²) < 4.78 is 0. The second kappa shape index (κ2) is 17.4. The van der Waals surface area contributed by atoms with E-state index >= 15 is 0 Å². The van der Waals surface area contributed by atoms with Gasteiger partial charge in [0.25, 0.3) is 0 Å².